The van der Waals surface area contributed by atoms with E-state index in [1.54, 1.807) is 13.2 Å². The Hall–Kier alpha value is -1.36. The molecular formula is C11H17N3O2. The predicted molar refractivity (Wildman–Crippen MR) is 59.6 cm³/mol. The lowest BCUT2D eigenvalue weighted by atomic mass is 10.3. The van der Waals surface area contributed by atoms with Gasteiger partial charge in [0, 0.05) is 17.8 Å². The molecule has 1 fully saturated rings. The molecule has 88 valence electrons. The van der Waals surface area contributed by atoms with Crippen molar-refractivity contribution in [1.82, 2.24) is 9.97 Å². The summed E-state index contributed by atoms with van der Waals surface area (Å²) in [5, 5.41) is 0. The molecule has 0 spiro atoms. The summed E-state index contributed by atoms with van der Waals surface area (Å²) >= 11 is 0. The van der Waals surface area contributed by atoms with Gasteiger partial charge in [-0.1, -0.05) is 0 Å². The van der Waals surface area contributed by atoms with Crippen LogP contribution in [0.25, 0.3) is 0 Å². The summed E-state index contributed by atoms with van der Waals surface area (Å²) in [5.41, 5.74) is 6.66. The Morgan fingerprint density at radius 1 is 1.38 bits per heavy atom. The first-order valence-corrected chi connectivity index (χ1v) is 5.49. The van der Waals surface area contributed by atoms with Gasteiger partial charge in [-0.2, -0.15) is 4.98 Å². The van der Waals surface area contributed by atoms with Crippen LogP contribution in [0.3, 0.4) is 0 Å². The Bertz CT molecular complexity index is 370. The van der Waals surface area contributed by atoms with Gasteiger partial charge in [0.15, 0.2) is 0 Å². The third-order valence-corrected chi connectivity index (χ3v) is 2.72. The summed E-state index contributed by atoms with van der Waals surface area (Å²) in [6.07, 6.45) is 3.00. The van der Waals surface area contributed by atoms with E-state index in [4.69, 9.17) is 15.2 Å². The summed E-state index contributed by atoms with van der Waals surface area (Å²) in [6, 6.07) is 2.40. The molecule has 2 N–H and O–H groups in total. The van der Waals surface area contributed by atoms with Crippen LogP contribution in [0.1, 0.15) is 25.0 Å². The number of nitrogens with two attached hydrogens (primary N) is 1. The van der Waals surface area contributed by atoms with Crippen LogP contribution in [-0.2, 0) is 0 Å². The molecule has 0 aliphatic heterocycles. The lowest BCUT2D eigenvalue weighted by Crippen LogP contribution is -2.20. The van der Waals surface area contributed by atoms with Crippen LogP contribution >= 0.6 is 0 Å². The first kappa shape index (κ1) is 11.1. The molecule has 1 aromatic heterocycles. The minimum Gasteiger partial charge on any atom is -0.481 e. The van der Waals surface area contributed by atoms with Crippen LogP contribution in [0, 0.1) is 6.92 Å². The lowest BCUT2D eigenvalue weighted by Gasteiger charge is -2.12. The minimum atomic E-state index is 0.140. The van der Waals surface area contributed by atoms with Gasteiger partial charge in [-0.05, 0) is 26.2 Å². The molecule has 1 saturated carbocycles. The van der Waals surface area contributed by atoms with E-state index >= 15 is 0 Å². The maximum atomic E-state index is 5.82. The van der Waals surface area contributed by atoms with E-state index in [1.807, 2.05) is 6.92 Å². The normalized spacial score (nSPS) is 24.4. The van der Waals surface area contributed by atoms with E-state index in [2.05, 4.69) is 9.97 Å². The van der Waals surface area contributed by atoms with Crippen LogP contribution < -0.4 is 15.2 Å². The number of aryl methyl sites for hydroxylation is 1. The van der Waals surface area contributed by atoms with Crippen LogP contribution in [0.4, 0.5) is 0 Å². The van der Waals surface area contributed by atoms with Crippen molar-refractivity contribution in [2.45, 2.75) is 38.3 Å². The molecule has 0 bridgehead atoms. The quantitative estimate of drug-likeness (QED) is 0.829. The first-order valence-electron chi connectivity index (χ1n) is 5.49. The Morgan fingerprint density at radius 3 is 2.81 bits per heavy atom. The fourth-order valence-electron chi connectivity index (χ4n) is 1.90. The van der Waals surface area contributed by atoms with Gasteiger partial charge in [0.25, 0.3) is 0 Å². The van der Waals surface area contributed by atoms with Crippen molar-refractivity contribution in [3.63, 3.8) is 0 Å². The van der Waals surface area contributed by atoms with Crippen molar-refractivity contribution in [2.75, 3.05) is 7.11 Å². The maximum Gasteiger partial charge on any atom is 0.320 e. The van der Waals surface area contributed by atoms with Gasteiger partial charge in [0.2, 0.25) is 5.88 Å². The van der Waals surface area contributed by atoms with E-state index in [1.165, 1.54) is 0 Å². The average molecular weight is 223 g/mol. The molecule has 1 aromatic rings. The van der Waals surface area contributed by atoms with Gasteiger partial charge in [-0.15, -0.1) is 0 Å². The smallest absolute Gasteiger partial charge is 0.320 e. The maximum absolute atomic E-state index is 5.82. The second kappa shape index (κ2) is 4.65. The monoisotopic (exact) mass is 223 g/mol. The van der Waals surface area contributed by atoms with E-state index < -0.39 is 0 Å². The number of methoxy groups -OCH3 is 1. The van der Waals surface area contributed by atoms with Crippen LogP contribution in [0.2, 0.25) is 0 Å². The van der Waals surface area contributed by atoms with E-state index in [9.17, 15) is 0 Å². The molecule has 5 heteroatoms. The number of rotatable bonds is 3. The first-order chi connectivity index (χ1) is 7.67. The third-order valence-electron chi connectivity index (χ3n) is 2.72. The molecule has 1 heterocycles. The molecule has 16 heavy (non-hydrogen) atoms. The fraction of sp³-hybridized carbons (Fsp3) is 0.636. The Labute approximate surface area is 95.0 Å². The average Bonchev–Trinajstić information content (AvgIpc) is 2.63. The highest BCUT2D eigenvalue weighted by atomic mass is 16.5. The molecule has 5 nitrogen and oxygen atoms in total. The van der Waals surface area contributed by atoms with Crippen molar-refractivity contribution >= 4 is 0 Å². The lowest BCUT2D eigenvalue weighted by molar-refractivity contribution is 0.187. The van der Waals surface area contributed by atoms with Crippen molar-refractivity contribution in [3.05, 3.63) is 11.8 Å². The zero-order valence-corrected chi connectivity index (χ0v) is 9.64. The highest BCUT2D eigenvalue weighted by molar-refractivity contribution is 5.17. The summed E-state index contributed by atoms with van der Waals surface area (Å²) in [6.45, 7) is 1.89. The standard InChI is InChI=1S/C11H17N3O2/c1-7-5-10(15-2)14-11(13-7)16-9-4-3-8(12)6-9/h5,8-9H,3-4,6,12H2,1-2H3. The van der Waals surface area contributed by atoms with Crippen molar-refractivity contribution in [3.8, 4) is 11.9 Å². The summed E-state index contributed by atoms with van der Waals surface area (Å²) in [5.74, 6) is 0.532. The topological polar surface area (TPSA) is 70.3 Å². The summed E-state index contributed by atoms with van der Waals surface area (Å²) < 4.78 is 10.8. The highest BCUT2D eigenvalue weighted by Gasteiger charge is 2.24. The fourth-order valence-corrected chi connectivity index (χ4v) is 1.90. The minimum absolute atomic E-state index is 0.140. The predicted octanol–water partition coefficient (Wildman–Crippen LogP) is 1.05. The van der Waals surface area contributed by atoms with Crippen LogP contribution in [-0.4, -0.2) is 29.2 Å². The van der Waals surface area contributed by atoms with Crippen LogP contribution in [0.5, 0.6) is 11.9 Å². The van der Waals surface area contributed by atoms with E-state index in [0.29, 0.717) is 11.9 Å². The van der Waals surface area contributed by atoms with Gasteiger partial charge < -0.3 is 15.2 Å². The van der Waals surface area contributed by atoms with E-state index in [0.717, 1.165) is 25.0 Å². The highest BCUT2D eigenvalue weighted by Crippen LogP contribution is 2.22. The number of nitrogens with zero attached hydrogens (tertiary/aromatic N) is 2. The number of hydrogen-bond acceptors (Lipinski definition) is 5. The molecule has 1 aliphatic rings. The second-order valence-corrected chi connectivity index (χ2v) is 4.15. The SMILES string of the molecule is COc1cc(C)nc(OC2CCC(N)C2)n1. The molecule has 1 aliphatic carbocycles. The molecule has 2 atom stereocenters. The number of ether oxygens (including phenoxy) is 2. The number of aromatic nitrogens is 2. The van der Waals surface area contributed by atoms with Crippen LogP contribution in [0.15, 0.2) is 6.07 Å². The van der Waals surface area contributed by atoms with Crippen molar-refractivity contribution in [2.24, 2.45) is 5.73 Å². The Kier molecular flexibility index (Phi) is 3.24. The largest absolute Gasteiger partial charge is 0.481 e. The zero-order chi connectivity index (χ0) is 11.5. The molecule has 0 aromatic carbocycles. The Balaban J connectivity index is 2.06. The van der Waals surface area contributed by atoms with Gasteiger partial charge in [0.05, 0.1) is 7.11 Å². The molecule has 0 saturated heterocycles. The molecule has 0 radical (unpaired) electrons. The molecule has 0 amide bonds. The van der Waals surface area contributed by atoms with Gasteiger partial charge in [-0.3, -0.25) is 0 Å². The second-order valence-electron chi connectivity index (χ2n) is 4.15. The zero-order valence-electron chi connectivity index (χ0n) is 9.64. The summed E-state index contributed by atoms with van der Waals surface area (Å²) in [7, 11) is 1.58. The third kappa shape index (κ3) is 2.61. The van der Waals surface area contributed by atoms with Gasteiger partial charge in [0.1, 0.15) is 6.10 Å². The molecule has 2 unspecified atom stereocenters. The van der Waals surface area contributed by atoms with E-state index in [-0.39, 0.29) is 12.1 Å². The molecular weight excluding hydrogens is 206 g/mol. The van der Waals surface area contributed by atoms with Gasteiger partial charge >= 0.3 is 6.01 Å². The number of hydrogen-bond donors (Lipinski definition) is 1. The molecule has 2 rings (SSSR count). The van der Waals surface area contributed by atoms with Crippen molar-refractivity contribution in [1.29, 1.82) is 0 Å². The van der Waals surface area contributed by atoms with Crippen molar-refractivity contribution < 1.29 is 9.47 Å². The Morgan fingerprint density at radius 2 is 2.19 bits per heavy atom. The summed E-state index contributed by atoms with van der Waals surface area (Å²) in [4.78, 5) is 8.36. The van der Waals surface area contributed by atoms with Gasteiger partial charge in [-0.25, -0.2) is 4.98 Å².